The number of anilines is 1. The molecule has 1 fully saturated rings. The van der Waals surface area contributed by atoms with Crippen molar-refractivity contribution < 1.29 is 24.1 Å². The number of fused-ring (bicyclic) bond motifs is 1. The van der Waals surface area contributed by atoms with Crippen LogP contribution in [0.25, 0.3) is 0 Å². The van der Waals surface area contributed by atoms with Gasteiger partial charge in [0.2, 0.25) is 0 Å². The molecule has 2 aromatic carbocycles. The lowest BCUT2D eigenvalue weighted by Crippen LogP contribution is -2.29. The average Bonchev–Trinajstić information content (AvgIpc) is 3.02. The number of cyclic esters (lactones) is 1. The number of carbonyl (C=O) groups excluding carboxylic acids is 1. The van der Waals surface area contributed by atoms with Gasteiger partial charge in [-0.3, -0.25) is 0 Å². The van der Waals surface area contributed by atoms with Crippen LogP contribution < -0.4 is 14.4 Å². The van der Waals surface area contributed by atoms with E-state index in [1.807, 2.05) is 12.1 Å². The molecular formula is C22H25NO5. The molecule has 6 heteroatoms. The number of esters is 1. The highest BCUT2D eigenvalue weighted by molar-refractivity contribution is 5.95. The van der Waals surface area contributed by atoms with E-state index in [0.29, 0.717) is 23.5 Å². The van der Waals surface area contributed by atoms with E-state index < -0.39 is 6.10 Å². The van der Waals surface area contributed by atoms with Crippen LogP contribution in [-0.4, -0.2) is 38.4 Å². The van der Waals surface area contributed by atoms with E-state index in [2.05, 4.69) is 4.90 Å². The molecule has 1 unspecified atom stereocenters. The maximum atomic E-state index is 12.3. The lowest BCUT2D eigenvalue weighted by molar-refractivity contribution is 0.0387. The third kappa shape index (κ3) is 3.35. The second kappa shape index (κ2) is 7.62. The summed E-state index contributed by atoms with van der Waals surface area (Å²) in [7, 11) is 3.10. The normalized spacial score (nSPS) is 18.6. The lowest BCUT2D eigenvalue weighted by Gasteiger charge is -2.29. The number of hydrogen-bond acceptors (Lipinski definition) is 6. The molecule has 148 valence electrons. The molecule has 2 aliphatic rings. The number of rotatable bonds is 5. The summed E-state index contributed by atoms with van der Waals surface area (Å²) in [5.41, 5.74) is 3.07. The SMILES string of the molecule is COc1cc2c(cc1OC)C(Cc1ccc(N3CCCCC3)c(O)c1)OC2=O. The Bertz CT molecular complexity index is 889. The molecule has 2 aromatic rings. The highest BCUT2D eigenvalue weighted by atomic mass is 16.5. The Kier molecular flexibility index (Phi) is 5.03. The molecule has 6 nitrogen and oxygen atoms in total. The van der Waals surface area contributed by atoms with Gasteiger partial charge in [0.05, 0.1) is 25.5 Å². The Hall–Kier alpha value is -2.89. The van der Waals surface area contributed by atoms with E-state index in [0.717, 1.165) is 42.7 Å². The van der Waals surface area contributed by atoms with Crippen molar-refractivity contribution in [2.45, 2.75) is 31.8 Å². The quantitative estimate of drug-likeness (QED) is 0.791. The summed E-state index contributed by atoms with van der Waals surface area (Å²) in [6, 6.07) is 9.19. The summed E-state index contributed by atoms with van der Waals surface area (Å²) >= 11 is 0. The number of piperidine rings is 1. The number of aromatic hydroxyl groups is 1. The first-order valence-electron chi connectivity index (χ1n) is 9.64. The third-order valence-corrected chi connectivity index (χ3v) is 5.53. The minimum Gasteiger partial charge on any atom is -0.506 e. The smallest absolute Gasteiger partial charge is 0.339 e. The van der Waals surface area contributed by atoms with Crippen molar-refractivity contribution in [3.05, 3.63) is 47.0 Å². The minimum absolute atomic E-state index is 0.274. The second-order valence-corrected chi connectivity index (χ2v) is 7.26. The minimum atomic E-state index is -0.414. The van der Waals surface area contributed by atoms with Gasteiger partial charge in [-0.2, -0.15) is 0 Å². The molecule has 4 rings (SSSR count). The first-order valence-corrected chi connectivity index (χ1v) is 9.64. The molecular weight excluding hydrogens is 358 g/mol. The van der Waals surface area contributed by atoms with Crippen LogP contribution >= 0.6 is 0 Å². The van der Waals surface area contributed by atoms with Gasteiger partial charge in [0.25, 0.3) is 0 Å². The number of hydrogen-bond donors (Lipinski definition) is 1. The van der Waals surface area contributed by atoms with Crippen molar-refractivity contribution in [3.8, 4) is 17.2 Å². The molecule has 0 amide bonds. The van der Waals surface area contributed by atoms with Gasteiger partial charge in [-0.1, -0.05) is 6.07 Å². The number of nitrogens with zero attached hydrogens (tertiary/aromatic N) is 1. The van der Waals surface area contributed by atoms with Gasteiger partial charge in [-0.05, 0) is 49.1 Å². The lowest BCUT2D eigenvalue weighted by atomic mass is 9.98. The summed E-state index contributed by atoms with van der Waals surface area (Å²) in [6.45, 7) is 1.95. The van der Waals surface area contributed by atoms with Gasteiger partial charge < -0.3 is 24.2 Å². The largest absolute Gasteiger partial charge is 0.506 e. The summed E-state index contributed by atoms with van der Waals surface area (Å²) in [4.78, 5) is 14.5. The van der Waals surface area contributed by atoms with Crippen LogP contribution in [0.4, 0.5) is 5.69 Å². The second-order valence-electron chi connectivity index (χ2n) is 7.26. The maximum absolute atomic E-state index is 12.3. The molecule has 1 atom stereocenters. The van der Waals surface area contributed by atoms with Gasteiger partial charge in [0, 0.05) is 25.1 Å². The van der Waals surface area contributed by atoms with E-state index >= 15 is 0 Å². The molecule has 1 saturated heterocycles. The van der Waals surface area contributed by atoms with Crippen LogP contribution in [0.3, 0.4) is 0 Å². The molecule has 28 heavy (non-hydrogen) atoms. The Morgan fingerprint density at radius 1 is 1.07 bits per heavy atom. The van der Waals surface area contributed by atoms with Gasteiger partial charge in [0.1, 0.15) is 11.9 Å². The van der Waals surface area contributed by atoms with Crippen molar-refractivity contribution >= 4 is 11.7 Å². The zero-order chi connectivity index (χ0) is 19.7. The van der Waals surface area contributed by atoms with E-state index in [1.54, 1.807) is 25.3 Å². The van der Waals surface area contributed by atoms with E-state index in [1.165, 1.54) is 13.5 Å². The van der Waals surface area contributed by atoms with Gasteiger partial charge in [-0.25, -0.2) is 4.79 Å². The van der Waals surface area contributed by atoms with Crippen molar-refractivity contribution in [1.29, 1.82) is 0 Å². The van der Waals surface area contributed by atoms with Crippen LogP contribution in [0.2, 0.25) is 0 Å². The van der Waals surface area contributed by atoms with Gasteiger partial charge >= 0.3 is 5.97 Å². The zero-order valence-electron chi connectivity index (χ0n) is 16.2. The van der Waals surface area contributed by atoms with E-state index in [9.17, 15) is 9.90 Å². The Labute approximate surface area is 164 Å². The van der Waals surface area contributed by atoms with Crippen LogP contribution in [0.1, 0.15) is 46.9 Å². The predicted molar refractivity (Wildman–Crippen MR) is 106 cm³/mol. The zero-order valence-corrected chi connectivity index (χ0v) is 16.2. The monoisotopic (exact) mass is 383 g/mol. The maximum Gasteiger partial charge on any atom is 0.339 e. The van der Waals surface area contributed by atoms with Crippen LogP contribution in [-0.2, 0) is 11.2 Å². The van der Waals surface area contributed by atoms with Crippen molar-refractivity contribution in [2.24, 2.45) is 0 Å². The van der Waals surface area contributed by atoms with Crippen molar-refractivity contribution in [1.82, 2.24) is 0 Å². The molecule has 2 aliphatic heterocycles. The number of phenols is 1. The highest BCUT2D eigenvalue weighted by Gasteiger charge is 2.33. The van der Waals surface area contributed by atoms with Crippen LogP contribution in [0.5, 0.6) is 17.2 Å². The Morgan fingerprint density at radius 3 is 2.46 bits per heavy atom. The number of methoxy groups -OCH3 is 2. The molecule has 0 radical (unpaired) electrons. The molecule has 0 aromatic heterocycles. The fraction of sp³-hybridized carbons (Fsp3) is 0.409. The molecule has 1 N–H and O–H groups in total. The highest BCUT2D eigenvalue weighted by Crippen LogP contribution is 2.41. The molecule has 0 spiro atoms. The summed E-state index contributed by atoms with van der Waals surface area (Å²) in [5.74, 6) is 0.974. The average molecular weight is 383 g/mol. The Morgan fingerprint density at radius 2 is 1.79 bits per heavy atom. The van der Waals surface area contributed by atoms with Crippen LogP contribution in [0.15, 0.2) is 30.3 Å². The standard InChI is InChI=1S/C22H25NO5/c1-26-20-12-15-16(13-21(20)27-2)22(25)28-19(15)11-14-6-7-17(18(24)10-14)23-8-4-3-5-9-23/h6-7,10,12-13,19,24H,3-5,8-9,11H2,1-2H3. The molecule has 0 saturated carbocycles. The number of phenolic OH excluding ortho intramolecular Hbond substituents is 1. The topological polar surface area (TPSA) is 68.2 Å². The molecule has 0 aliphatic carbocycles. The van der Waals surface area contributed by atoms with Crippen molar-refractivity contribution in [2.75, 3.05) is 32.2 Å². The summed E-state index contributed by atoms with van der Waals surface area (Å²) in [5, 5.41) is 10.5. The molecule has 0 bridgehead atoms. The van der Waals surface area contributed by atoms with E-state index in [-0.39, 0.29) is 11.7 Å². The number of ether oxygens (including phenoxy) is 3. The number of carbonyl (C=O) groups is 1. The summed E-state index contributed by atoms with van der Waals surface area (Å²) < 4.78 is 16.2. The third-order valence-electron chi connectivity index (χ3n) is 5.53. The fourth-order valence-corrected chi connectivity index (χ4v) is 4.06. The Balaban J connectivity index is 1.57. The van der Waals surface area contributed by atoms with E-state index in [4.69, 9.17) is 14.2 Å². The first kappa shape index (κ1) is 18.5. The predicted octanol–water partition coefficient (Wildman–Crippen LogP) is 3.85. The summed E-state index contributed by atoms with van der Waals surface area (Å²) in [6.07, 6.45) is 3.63. The van der Waals surface area contributed by atoms with Gasteiger partial charge in [0.15, 0.2) is 11.5 Å². The van der Waals surface area contributed by atoms with Crippen molar-refractivity contribution in [3.63, 3.8) is 0 Å². The first-order chi connectivity index (χ1) is 13.6. The van der Waals surface area contributed by atoms with Crippen LogP contribution in [0, 0.1) is 0 Å². The number of benzene rings is 2. The fourth-order valence-electron chi connectivity index (χ4n) is 4.06. The molecule has 2 heterocycles. The van der Waals surface area contributed by atoms with Gasteiger partial charge in [-0.15, -0.1) is 0 Å².